The summed E-state index contributed by atoms with van der Waals surface area (Å²) < 4.78 is 0.891. The van der Waals surface area contributed by atoms with Crippen molar-refractivity contribution in [1.29, 1.82) is 0 Å². The molecule has 5 heteroatoms. The van der Waals surface area contributed by atoms with E-state index in [4.69, 9.17) is 0 Å². The van der Waals surface area contributed by atoms with Gasteiger partial charge < -0.3 is 9.80 Å². The Morgan fingerprint density at radius 3 is 2.61 bits per heavy atom. The van der Waals surface area contributed by atoms with Crippen molar-refractivity contribution in [2.24, 2.45) is 5.92 Å². The molecule has 1 atom stereocenters. The highest BCUT2D eigenvalue weighted by Gasteiger charge is 2.38. The zero-order chi connectivity index (χ0) is 16.4. The van der Waals surface area contributed by atoms with Crippen molar-refractivity contribution in [2.45, 2.75) is 44.6 Å². The molecule has 23 heavy (non-hydrogen) atoms. The van der Waals surface area contributed by atoms with E-state index in [9.17, 15) is 9.59 Å². The summed E-state index contributed by atoms with van der Waals surface area (Å²) in [5.41, 5.74) is 0.855. The van der Waals surface area contributed by atoms with Gasteiger partial charge in [0.15, 0.2) is 0 Å². The van der Waals surface area contributed by atoms with Crippen LogP contribution in [0.15, 0.2) is 28.7 Å². The first-order valence-corrected chi connectivity index (χ1v) is 9.19. The van der Waals surface area contributed by atoms with Crippen LogP contribution in [0.25, 0.3) is 0 Å². The van der Waals surface area contributed by atoms with Gasteiger partial charge in [0.25, 0.3) is 0 Å². The molecule has 0 bridgehead atoms. The van der Waals surface area contributed by atoms with E-state index in [2.05, 4.69) is 15.9 Å². The third-order valence-corrected chi connectivity index (χ3v) is 5.76. The number of halogens is 1. The van der Waals surface area contributed by atoms with Crippen LogP contribution in [0, 0.1) is 5.92 Å². The lowest BCUT2D eigenvalue weighted by molar-refractivity contribution is -0.137. The minimum atomic E-state index is -0.221. The summed E-state index contributed by atoms with van der Waals surface area (Å²) in [5.74, 6) is -0.0615. The Morgan fingerprint density at radius 2 is 1.91 bits per heavy atom. The van der Waals surface area contributed by atoms with Crippen LogP contribution in [0.1, 0.15) is 38.5 Å². The standard InChI is InChI=1S/C18H23BrN2O2/c1-20(14-7-3-2-4-8-14)18(23)13-11-17(22)21(12-13)16-10-6-5-9-15(16)19/h5-6,9-10,13-14H,2-4,7-8,11-12H2,1H3. The Hall–Kier alpha value is -1.36. The van der Waals surface area contributed by atoms with Crippen molar-refractivity contribution < 1.29 is 9.59 Å². The molecule has 2 amide bonds. The molecule has 0 radical (unpaired) electrons. The van der Waals surface area contributed by atoms with Gasteiger partial charge in [0.2, 0.25) is 11.8 Å². The highest BCUT2D eigenvalue weighted by atomic mass is 79.9. The minimum absolute atomic E-state index is 0.0345. The van der Waals surface area contributed by atoms with Gasteiger partial charge in [0, 0.05) is 30.5 Å². The maximum Gasteiger partial charge on any atom is 0.228 e. The third kappa shape index (κ3) is 3.44. The molecule has 1 aromatic carbocycles. The Labute approximate surface area is 146 Å². The van der Waals surface area contributed by atoms with Gasteiger partial charge in [0.05, 0.1) is 11.6 Å². The molecule has 2 fully saturated rings. The van der Waals surface area contributed by atoms with Crippen LogP contribution in [0.2, 0.25) is 0 Å². The van der Waals surface area contributed by atoms with Crippen LogP contribution in [0.3, 0.4) is 0 Å². The van der Waals surface area contributed by atoms with E-state index in [0.717, 1.165) is 23.0 Å². The predicted molar refractivity (Wildman–Crippen MR) is 94.2 cm³/mol. The lowest BCUT2D eigenvalue weighted by atomic mass is 9.93. The summed E-state index contributed by atoms with van der Waals surface area (Å²) in [4.78, 5) is 28.8. The van der Waals surface area contributed by atoms with Crippen LogP contribution >= 0.6 is 15.9 Å². The second-order valence-corrected chi connectivity index (χ2v) is 7.45. The average molecular weight is 379 g/mol. The molecule has 1 aliphatic heterocycles. The zero-order valence-electron chi connectivity index (χ0n) is 13.5. The lowest BCUT2D eigenvalue weighted by Crippen LogP contribution is -2.42. The molecule has 0 N–H and O–H groups in total. The number of hydrogen-bond acceptors (Lipinski definition) is 2. The van der Waals surface area contributed by atoms with Crippen molar-refractivity contribution >= 4 is 33.4 Å². The quantitative estimate of drug-likeness (QED) is 0.805. The number of nitrogens with zero attached hydrogens (tertiary/aromatic N) is 2. The SMILES string of the molecule is CN(C(=O)C1CC(=O)N(c2ccccc2Br)C1)C1CCCCC1. The molecule has 1 heterocycles. The average Bonchev–Trinajstić information content (AvgIpc) is 2.96. The number of benzene rings is 1. The first-order chi connectivity index (χ1) is 11.1. The van der Waals surface area contributed by atoms with Crippen LogP contribution in [0.4, 0.5) is 5.69 Å². The first-order valence-electron chi connectivity index (χ1n) is 8.39. The number of carbonyl (C=O) groups excluding carboxylic acids is 2. The second-order valence-electron chi connectivity index (χ2n) is 6.60. The number of rotatable bonds is 3. The summed E-state index contributed by atoms with van der Waals surface area (Å²) in [6.45, 7) is 0.483. The van der Waals surface area contributed by atoms with Crippen molar-refractivity contribution in [1.82, 2.24) is 4.90 Å². The molecule has 2 aliphatic rings. The van der Waals surface area contributed by atoms with Crippen LogP contribution in [-0.4, -0.2) is 36.3 Å². The Morgan fingerprint density at radius 1 is 1.22 bits per heavy atom. The van der Waals surface area contributed by atoms with E-state index in [0.29, 0.717) is 19.0 Å². The molecule has 0 spiro atoms. The number of amides is 2. The Bertz CT molecular complexity index is 598. The van der Waals surface area contributed by atoms with E-state index >= 15 is 0 Å². The molecule has 1 aliphatic carbocycles. The molecule has 0 aromatic heterocycles. The number of anilines is 1. The van der Waals surface area contributed by atoms with Gasteiger partial charge in [0.1, 0.15) is 0 Å². The predicted octanol–water partition coefficient (Wildman–Crippen LogP) is 3.59. The molecule has 1 saturated heterocycles. The van der Waals surface area contributed by atoms with Gasteiger partial charge in [-0.3, -0.25) is 9.59 Å². The summed E-state index contributed by atoms with van der Waals surface area (Å²) in [7, 11) is 1.91. The van der Waals surface area contributed by atoms with Gasteiger partial charge in [-0.25, -0.2) is 0 Å². The van der Waals surface area contributed by atoms with Gasteiger partial charge in [-0.2, -0.15) is 0 Å². The smallest absolute Gasteiger partial charge is 0.228 e. The number of hydrogen-bond donors (Lipinski definition) is 0. The maximum absolute atomic E-state index is 12.8. The van der Waals surface area contributed by atoms with E-state index in [1.54, 1.807) is 4.90 Å². The number of para-hydroxylation sites is 1. The Balaban J connectivity index is 1.69. The van der Waals surface area contributed by atoms with Gasteiger partial charge >= 0.3 is 0 Å². The number of carbonyl (C=O) groups is 2. The fourth-order valence-electron chi connectivity index (χ4n) is 3.71. The first kappa shape index (κ1) is 16.5. The van der Waals surface area contributed by atoms with E-state index in [1.807, 2.05) is 36.2 Å². The monoisotopic (exact) mass is 378 g/mol. The maximum atomic E-state index is 12.8. The van der Waals surface area contributed by atoms with Crippen molar-refractivity contribution in [3.63, 3.8) is 0 Å². The fraction of sp³-hybridized carbons (Fsp3) is 0.556. The van der Waals surface area contributed by atoms with Gasteiger partial charge in [-0.05, 0) is 40.9 Å². The van der Waals surface area contributed by atoms with Crippen LogP contribution in [-0.2, 0) is 9.59 Å². The van der Waals surface area contributed by atoms with Crippen molar-refractivity contribution in [3.05, 3.63) is 28.7 Å². The van der Waals surface area contributed by atoms with Crippen molar-refractivity contribution in [2.75, 3.05) is 18.5 Å². The molecule has 4 nitrogen and oxygen atoms in total. The minimum Gasteiger partial charge on any atom is -0.342 e. The lowest BCUT2D eigenvalue weighted by Gasteiger charge is -2.32. The molecule has 124 valence electrons. The highest BCUT2D eigenvalue weighted by Crippen LogP contribution is 2.32. The largest absolute Gasteiger partial charge is 0.342 e. The third-order valence-electron chi connectivity index (χ3n) is 5.09. The summed E-state index contributed by atoms with van der Waals surface area (Å²) >= 11 is 3.49. The van der Waals surface area contributed by atoms with Crippen molar-refractivity contribution in [3.8, 4) is 0 Å². The molecular formula is C18H23BrN2O2. The molecule has 1 unspecified atom stereocenters. The Kier molecular flexibility index (Phi) is 5.05. The second kappa shape index (κ2) is 7.04. The zero-order valence-corrected chi connectivity index (χ0v) is 15.1. The molecular weight excluding hydrogens is 356 g/mol. The van der Waals surface area contributed by atoms with Crippen LogP contribution < -0.4 is 4.90 Å². The van der Waals surface area contributed by atoms with Crippen LogP contribution in [0.5, 0.6) is 0 Å². The van der Waals surface area contributed by atoms with Gasteiger partial charge in [-0.15, -0.1) is 0 Å². The molecule has 1 aromatic rings. The van der Waals surface area contributed by atoms with E-state index < -0.39 is 0 Å². The fourth-order valence-corrected chi connectivity index (χ4v) is 4.21. The topological polar surface area (TPSA) is 40.6 Å². The molecule has 1 saturated carbocycles. The summed E-state index contributed by atoms with van der Waals surface area (Å²) in [5, 5.41) is 0. The van der Waals surface area contributed by atoms with E-state index in [-0.39, 0.29) is 17.7 Å². The summed E-state index contributed by atoms with van der Waals surface area (Å²) in [6, 6.07) is 8.03. The van der Waals surface area contributed by atoms with Gasteiger partial charge in [-0.1, -0.05) is 31.4 Å². The summed E-state index contributed by atoms with van der Waals surface area (Å²) in [6.07, 6.45) is 6.19. The highest BCUT2D eigenvalue weighted by molar-refractivity contribution is 9.10. The normalized spacial score (nSPS) is 22.4. The van der Waals surface area contributed by atoms with E-state index in [1.165, 1.54) is 19.3 Å². The molecule has 3 rings (SSSR count).